The molecule has 0 aromatic rings. The maximum absolute atomic E-state index is 3.67. The SMILES string of the molecule is CC(C)=CCN1CCCC(CNC2CC2)C1. The van der Waals surface area contributed by atoms with Gasteiger partial charge in [-0.1, -0.05) is 11.6 Å². The molecule has 1 saturated carbocycles. The van der Waals surface area contributed by atoms with Crippen LogP contribution in [0.4, 0.5) is 0 Å². The summed E-state index contributed by atoms with van der Waals surface area (Å²) < 4.78 is 0. The topological polar surface area (TPSA) is 15.3 Å². The van der Waals surface area contributed by atoms with Gasteiger partial charge in [0.1, 0.15) is 0 Å². The van der Waals surface area contributed by atoms with Gasteiger partial charge in [-0.3, -0.25) is 4.90 Å². The van der Waals surface area contributed by atoms with Crippen LogP contribution in [-0.4, -0.2) is 37.1 Å². The van der Waals surface area contributed by atoms with Crippen LogP contribution in [-0.2, 0) is 0 Å². The van der Waals surface area contributed by atoms with E-state index in [4.69, 9.17) is 0 Å². The highest BCUT2D eigenvalue weighted by atomic mass is 15.1. The van der Waals surface area contributed by atoms with Gasteiger partial charge in [-0.05, 0) is 58.5 Å². The molecule has 2 rings (SSSR count). The van der Waals surface area contributed by atoms with Crippen LogP contribution in [0.2, 0.25) is 0 Å². The summed E-state index contributed by atoms with van der Waals surface area (Å²) >= 11 is 0. The normalized spacial score (nSPS) is 26.8. The maximum atomic E-state index is 3.67. The standard InChI is InChI=1S/C14H26N2/c1-12(2)7-9-16-8-3-4-13(11-16)10-15-14-5-6-14/h7,13-15H,3-6,8-11H2,1-2H3. The molecule has 0 aromatic carbocycles. The molecule has 0 spiro atoms. The average molecular weight is 222 g/mol. The van der Waals surface area contributed by atoms with Crippen molar-refractivity contribution in [3.8, 4) is 0 Å². The van der Waals surface area contributed by atoms with Gasteiger partial charge >= 0.3 is 0 Å². The molecule has 2 aliphatic rings. The minimum atomic E-state index is 0.869. The van der Waals surface area contributed by atoms with Crippen molar-refractivity contribution >= 4 is 0 Å². The van der Waals surface area contributed by atoms with Gasteiger partial charge in [0.2, 0.25) is 0 Å². The smallest absolute Gasteiger partial charge is 0.0165 e. The molecular weight excluding hydrogens is 196 g/mol. The van der Waals surface area contributed by atoms with Gasteiger partial charge in [-0.2, -0.15) is 0 Å². The molecule has 0 bridgehead atoms. The first kappa shape index (κ1) is 12.1. The molecule has 0 aromatic heterocycles. The number of likely N-dealkylation sites (tertiary alicyclic amines) is 1. The Bertz CT molecular complexity index is 239. The number of hydrogen-bond donors (Lipinski definition) is 1. The van der Waals surface area contributed by atoms with Crippen LogP contribution >= 0.6 is 0 Å². The van der Waals surface area contributed by atoms with E-state index in [-0.39, 0.29) is 0 Å². The fourth-order valence-electron chi connectivity index (χ4n) is 2.42. The van der Waals surface area contributed by atoms with Crippen LogP contribution in [0.25, 0.3) is 0 Å². The predicted octanol–water partition coefficient (Wildman–Crippen LogP) is 2.42. The summed E-state index contributed by atoms with van der Waals surface area (Å²) in [6.45, 7) is 9.37. The van der Waals surface area contributed by atoms with Crippen LogP contribution in [0.3, 0.4) is 0 Å². The quantitative estimate of drug-likeness (QED) is 0.719. The fraction of sp³-hybridized carbons (Fsp3) is 0.857. The van der Waals surface area contributed by atoms with Crippen LogP contribution < -0.4 is 5.32 Å². The van der Waals surface area contributed by atoms with Crippen LogP contribution in [0.5, 0.6) is 0 Å². The summed E-state index contributed by atoms with van der Waals surface area (Å²) in [4.78, 5) is 2.61. The Labute approximate surface area is 100 Å². The van der Waals surface area contributed by atoms with Gasteiger partial charge < -0.3 is 5.32 Å². The van der Waals surface area contributed by atoms with Crippen molar-refractivity contribution in [1.82, 2.24) is 10.2 Å². The average Bonchev–Trinajstić information content (AvgIpc) is 3.08. The van der Waals surface area contributed by atoms with E-state index in [1.807, 2.05) is 0 Å². The molecular formula is C14H26N2. The fourth-order valence-corrected chi connectivity index (χ4v) is 2.42. The van der Waals surface area contributed by atoms with Crippen LogP contribution in [0.15, 0.2) is 11.6 Å². The van der Waals surface area contributed by atoms with E-state index < -0.39 is 0 Å². The Morgan fingerprint density at radius 3 is 2.81 bits per heavy atom. The van der Waals surface area contributed by atoms with Gasteiger partial charge in [-0.15, -0.1) is 0 Å². The molecule has 2 heteroatoms. The number of allylic oxidation sites excluding steroid dienone is 1. The van der Waals surface area contributed by atoms with E-state index >= 15 is 0 Å². The summed E-state index contributed by atoms with van der Waals surface area (Å²) in [5, 5.41) is 3.67. The molecule has 1 saturated heterocycles. The number of piperidine rings is 1. The zero-order chi connectivity index (χ0) is 11.4. The van der Waals surface area contributed by atoms with E-state index in [9.17, 15) is 0 Å². The maximum Gasteiger partial charge on any atom is 0.0165 e. The van der Waals surface area contributed by atoms with E-state index in [1.54, 1.807) is 0 Å². The van der Waals surface area contributed by atoms with Crippen molar-refractivity contribution in [2.75, 3.05) is 26.2 Å². The number of rotatable bonds is 5. The highest BCUT2D eigenvalue weighted by molar-refractivity contribution is 4.95. The minimum absolute atomic E-state index is 0.869. The largest absolute Gasteiger partial charge is 0.314 e. The number of nitrogens with zero attached hydrogens (tertiary/aromatic N) is 1. The summed E-state index contributed by atoms with van der Waals surface area (Å²) in [5.41, 5.74) is 1.44. The molecule has 1 aliphatic heterocycles. The lowest BCUT2D eigenvalue weighted by Crippen LogP contribution is -2.40. The van der Waals surface area contributed by atoms with Crippen molar-refractivity contribution < 1.29 is 0 Å². The van der Waals surface area contributed by atoms with Gasteiger partial charge in [0.25, 0.3) is 0 Å². The first-order valence-corrected chi connectivity index (χ1v) is 6.83. The van der Waals surface area contributed by atoms with Gasteiger partial charge in [-0.25, -0.2) is 0 Å². The van der Waals surface area contributed by atoms with Crippen LogP contribution in [0.1, 0.15) is 39.5 Å². The van der Waals surface area contributed by atoms with Crippen LogP contribution in [0, 0.1) is 5.92 Å². The lowest BCUT2D eigenvalue weighted by atomic mass is 9.98. The van der Waals surface area contributed by atoms with E-state index in [2.05, 4.69) is 30.1 Å². The van der Waals surface area contributed by atoms with Crippen molar-refractivity contribution in [2.24, 2.45) is 5.92 Å². The highest BCUT2D eigenvalue weighted by Crippen LogP contribution is 2.21. The second-order valence-electron chi connectivity index (χ2n) is 5.73. The van der Waals surface area contributed by atoms with E-state index in [0.717, 1.165) is 18.5 Å². The Hall–Kier alpha value is -0.340. The second-order valence-corrected chi connectivity index (χ2v) is 5.73. The summed E-state index contributed by atoms with van der Waals surface area (Å²) in [6.07, 6.45) is 7.98. The summed E-state index contributed by atoms with van der Waals surface area (Å²) in [5.74, 6) is 0.889. The third-order valence-electron chi connectivity index (χ3n) is 3.63. The van der Waals surface area contributed by atoms with Crippen molar-refractivity contribution in [1.29, 1.82) is 0 Å². The monoisotopic (exact) mass is 222 g/mol. The first-order chi connectivity index (χ1) is 7.74. The second kappa shape index (κ2) is 5.83. The van der Waals surface area contributed by atoms with E-state index in [0.29, 0.717) is 0 Å². The Balaban J connectivity index is 1.67. The zero-order valence-electron chi connectivity index (χ0n) is 10.8. The van der Waals surface area contributed by atoms with Gasteiger partial charge in [0, 0.05) is 19.1 Å². The number of nitrogens with one attached hydrogen (secondary N) is 1. The zero-order valence-corrected chi connectivity index (χ0v) is 10.8. The number of hydrogen-bond acceptors (Lipinski definition) is 2. The third kappa shape index (κ3) is 4.26. The summed E-state index contributed by atoms with van der Waals surface area (Å²) in [7, 11) is 0. The molecule has 1 aliphatic carbocycles. The molecule has 1 heterocycles. The molecule has 1 N–H and O–H groups in total. The molecule has 0 radical (unpaired) electrons. The summed E-state index contributed by atoms with van der Waals surface area (Å²) in [6, 6.07) is 0.869. The predicted molar refractivity (Wildman–Crippen MR) is 69.6 cm³/mol. The van der Waals surface area contributed by atoms with Crippen molar-refractivity contribution in [3.63, 3.8) is 0 Å². The molecule has 16 heavy (non-hydrogen) atoms. The first-order valence-electron chi connectivity index (χ1n) is 6.83. The molecule has 2 nitrogen and oxygen atoms in total. The molecule has 0 amide bonds. The molecule has 1 unspecified atom stereocenters. The van der Waals surface area contributed by atoms with Crippen molar-refractivity contribution in [2.45, 2.75) is 45.6 Å². The van der Waals surface area contributed by atoms with Gasteiger partial charge in [0.05, 0.1) is 0 Å². The molecule has 1 atom stereocenters. The van der Waals surface area contributed by atoms with E-state index in [1.165, 1.54) is 50.9 Å². The van der Waals surface area contributed by atoms with Gasteiger partial charge in [0.15, 0.2) is 0 Å². The highest BCUT2D eigenvalue weighted by Gasteiger charge is 2.24. The third-order valence-corrected chi connectivity index (χ3v) is 3.63. The van der Waals surface area contributed by atoms with Crippen molar-refractivity contribution in [3.05, 3.63) is 11.6 Å². The molecule has 92 valence electrons. The Morgan fingerprint density at radius 2 is 2.12 bits per heavy atom. The lowest BCUT2D eigenvalue weighted by molar-refractivity contribution is 0.187. The molecule has 2 fully saturated rings. The Kier molecular flexibility index (Phi) is 4.42. The minimum Gasteiger partial charge on any atom is -0.314 e. The Morgan fingerprint density at radius 1 is 1.31 bits per heavy atom. The lowest BCUT2D eigenvalue weighted by Gasteiger charge is -2.32.